The molecule has 0 spiro atoms. The van der Waals surface area contributed by atoms with Crippen LogP contribution in [0.5, 0.6) is 5.88 Å². The third-order valence-corrected chi connectivity index (χ3v) is 4.70. The number of fused-ring (bicyclic) bond motifs is 1. The van der Waals surface area contributed by atoms with E-state index in [1.165, 1.54) is 0 Å². The Morgan fingerprint density at radius 3 is 2.58 bits per heavy atom. The van der Waals surface area contributed by atoms with Gasteiger partial charge in [-0.3, -0.25) is 4.79 Å². The molecule has 0 N–H and O–H groups in total. The Kier molecular flexibility index (Phi) is 4.74. The van der Waals surface area contributed by atoms with Crippen molar-refractivity contribution in [1.82, 2.24) is 14.7 Å². The van der Waals surface area contributed by atoms with Crippen LogP contribution in [0.25, 0.3) is 11.1 Å². The highest BCUT2D eigenvalue weighted by atomic mass is 35.5. The second kappa shape index (κ2) is 6.65. The van der Waals surface area contributed by atoms with Crippen LogP contribution < -0.4 is 4.74 Å². The molecular formula is C17H19Cl2N3O2. The SMILES string of the molecule is CC1CCn2nc(C(=O)N3CCC3)c(-c3ccc(Cl)cc3)c2O1.Cl. The average Bonchev–Trinajstić information content (AvgIpc) is 2.85. The minimum atomic E-state index is -0.0145. The van der Waals surface area contributed by atoms with Crippen LogP contribution in [0.15, 0.2) is 24.3 Å². The van der Waals surface area contributed by atoms with Crippen molar-refractivity contribution in [2.45, 2.75) is 32.4 Å². The number of hydrogen-bond donors (Lipinski definition) is 0. The number of carbonyl (C=O) groups is 1. The number of carbonyl (C=O) groups excluding carboxylic acids is 1. The molecule has 0 radical (unpaired) electrons. The first-order valence-corrected chi connectivity index (χ1v) is 8.34. The van der Waals surface area contributed by atoms with Gasteiger partial charge in [0.15, 0.2) is 5.69 Å². The molecule has 1 unspecified atom stereocenters. The summed E-state index contributed by atoms with van der Waals surface area (Å²) < 4.78 is 7.82. The lowest BCUT2D eigenvalue weighted by atomic mass is 10.0. The number of likely N-dealkylation sites (tertiary alicyclic amines) is 1. The topological polar surface area (TPSA) is 47.4 Å². The van der Waals surface area contributed by atoms with Crippen LogP contribution in [0.3, 0.4) is 0 Å². The first-order chi connectivity index (χ1) is 11.1. The molecule has 1 amide bonds. The van der Waals surface area contributed by atoms with Gasteiger partial charge in [-0.1, -0.05) is 23.7 Å². The van der Waals surface area contributed by atoms with Crippen LogP contribution in [0.2, 0.25) is 5.02 Å². The smallest absolute Gasteiger partial charge is 0.275 e. The van der Waals surface area contributed by atoms with Gasteiger partial charge in [0, 0.05) is 31.1 Å². The predicted molar refractivity (Wildman–Crippen MR) is 95.1 cm³/mol. The van der Waals surface area contributed by atoms with Crippen molar-refractivity contribution in [3.8, 4) is 17.0 Å². The first-order valence-electron chi connectivity index (χ1n) is 7.96. The third kappa shape index (κ3) is 2.87. The Bertz CT molecular complexity index is 754. The maximum absolute atomic E-state index is 12.8. The molecule has 1 fully saturated rings. The molecule has 3 heterocycles. The molecule has 0 saturated carbocycles. The molecule has 2 aliphatic rings. The fraction of sp³-hybridized carbons (Fsp3) is 0.412. The summed E-state index contributed by atoms with van der Waals surface area (Å²) in [5.41, 5.74) is 2.18. The Morgan fingerprint density at radius 1 is 1.25 bits per heavy atom. The van der Waals surface area contributed by atoms with E-state index >= 15 is 0 Å². The van der Waals surface area contributed by atoms with E-state index in [0.29, 0.717) is 16.6 Å². The van der Waals surface area contributed by atoms with Crippen LogP contribution in [0.4, 0.5) is 0 Å². The average molecular weight is 368 g/mol. The lowest BCUT2D eigenvalue weighted by Crippen LogP contribution is -2.42. The van der Waals surface area contributed by atoms with Crippen molar-refractivity contribution in [3.63, 3.8) is 0 Å². The number of benzene rings is 1. The highest BCUT2D eigenvalue weighted by Gasteiger charge is 2.32. The Hall–Kier alpha value is -1.72. The van der Waals surface area contributed by atoms with E-state index in [1.54, 1.807) is 0 Å². The molecular weight excluding hydrogens is 349 g/mol. The van der Waals surface area contributed by atoms with Crippen molar-refractivity contribution in [2.24, 2.45) is 0 Å². The number of ether oxygens (including phenoxy) is 1. The molecule has 2 aromatic rings. The zero-order valence-electron chi connectivity index (χ0n) is 13.4. The van der Waals surface area contributed by atoms with Gasteiger partial charge in [0.05, 0.1) is 11.7 Å². The van der Waals surface area contributed by atoms with Gasteiger partial charge < -0.3 is 9.64 Å². The van der Waals surface area contributed by atoms with E-state index < -0.39 is 0 Å². The minimum absolute atomic E-state index is 0. The molecule has 7 heteroatoms. The van der Waals surface area contributed by atoms with E-state index in [9.17, 15) is 4.79 Å². The summed E-state index contributed by atoms with van der Waals surface area (Å²) in [6.07, 6.45) is 2.08. The number of amides is 1. The molecule has 1 aromatic carbocycles. The summed E-state index contributed by atoms with van der Waals surface area (Å²) in [6.45, 7) is 4.42. The summed E-state index contributed by atoms with van der Waals surface area (Å²) in [6, 6.07) is 7.47. The second-order valence-corrected chi connectivity index (χ2v) is 6.56. The fourth-order valence-electron chi connectivity index (χ4n) is 2.97. The summed E-state index contributed by atoms with van der Waals surface area (Å²) in [4.78, 5) is 14.6. The van der Waals surface area contributed by atoms with Crippen LogP contribution in [-0.4, -0.2) is 39.8 Å². The first kappa shape index (κ1) is 17.1. The van der Waals surface area contributed by atoms with Crippen LogP contribution in [-0.2, 0) is 6.54 Å². The molecule has 4 rings (SSSR count). The second-order valence-electron chi connectivity index (χ2n) is 6.12. The van der Waals surface area contributed by atoms with Crippen molar-refractivity contribution >= 4 is 29.9 Å². The molecule has 5 nitrogen and oxygen atoms in total. The maximum Gasteiger partial charge on any atom is 0.275 e. The van der Waals surface area contributed by atoms with Crippen LogP contribution in [0, 0.1) is 0 Å². The number of hydrogen-bond acceptors (Lipinski definition) is 3. The van der Waals surface area contributed by atoms with E-state index in [0.717, 1.165) is 43.6 Å². The van der Waals surface area contributed by atoms with E-state index in [4.69, 9.17) is 16.3 Å². The molecule has 1 atom stereocenters. The van der Waals surface area contributed by atoms with Gasteiger partial charge >= 0.3 is 0 Å². The van der Waals surface area contributed by atoms with Gasteiger partial charge in [-0.05, 0) is 31.0 Å². The van der Waals surface area contributed by atoms with Gasteiger partial charge in [0.25, 0.3) is 5.91 Å². The fourth-order valence-corrected chi connectivity index (χ4v) is 3.09. The molecule has 128 valence electrons. The standard InChI is InChI=1S/C17H18ClN3O2.ClH/c1-11-7-10-21-17(23-11)14(12-3-5-13(18)6-4-12)15(19-21)16(22)20-8-2-9-20;/h3-6,11H,2,7-10H2,1H3;1H. The van der Waals surface area contributed by atoms with Gasteiger partial charge in [-0.2, -0.15) is 5.10 Å². The quantitative estimate of drug-likeness (QED) is 0.813. The lowest BCUT2D eigenvalue weighted by Gasteiger charge is -2.30. The molecule has 24 heavy (non-hydrogen) atoms. The van der Waals surface area contributed by atoms with Crippen LogP contribution >= 0.6 is 24.0 Å². The Labute approximate surface area is 151 Å². The highest BCUT2D eigenvalue weighted by Crippen LogP contribution is 2.38. The zero-order valence-corrected chi connectivity index (χ0v) is 14.9. The van der Waals surface area contributed by atoms with Crippen molar-refractivity contribution < 1.29 is 9.53 Å². The van der Waals surface area contributed by atoms with E-state index in [2.05, 4.69) is 5.10 Å². The third-order valence-electron chi connectivity index (χ3n) is 4.44. The highest BCUT2D eigenvalue weighted by molar-refractivity contribution is 6.30. The number of aromatic nitrogens is 2. The van der Waals surface area contributed by atoms with Crippen molar-refractivity contribution in [2.75, 3.05) is 13.1 Å². The summed E-state index contributed by atoms with van der Waals surface area (Å²) >= 11 is 6.00. The van der Waals surface area contributed by atoms with Gasteiger partial charge in [0.2, 0.25) is 5.88 Å². The van der Waals surface area contributed by atoms with E-state index in [-0.39, 0.29) is 24.4 Å². The monoisotopic (exact) mass is 367 g/mol. The molecule has 0 aliphatic carbocycles. The van der Waals surface area contributed by atoms with Crippen molar-refractivity contribution in [1.29, 1.82) is 0 Å². The van der Waals surface area contributed by atoms with Gasteiger partial charge in [0.1, 0.15) is 0 Å². The summed E-state index contributed by atoms with van der Waals surface area (Å²) in [5.74, 6) is 0.675. The Balaban J connectivity index is 0.00000169. The minimum Gasteiger partial charge on any atom is -0.474 e. The van der Waals surface area contributed by atoms with Gasteiger partial charge in [-0.25, -0.2) is 4.68 Å². The number of halogens is 2. The van der Waals surface area contributed by atoms with Crippen molar-refractivity contribution in [3.05, 3.63) is 35.0 Å². The maximum atomic E-state index is 12.8. The lowest BCUT2D eigenvalue weighted by molar-refractivity contribution is 0.0645. The molecule has 1 aromatic heterocycles. The number of aryl methyl sites for hydroxylation is 1. The summed E-state index contributed by atoms with van der Waals surface area (Å²) in [7, 11) is 0. The van der Waals surface area contributed by atoms with E-state index in [1.807, 2.05) is 40.8 Å². The largest absolute Gasteiger partial charge is 0.474 e. The normalized spacial score (nSPS) is 18.9. The molecule has 0 bridgehead atoms. The number of rotatable bonds is 2. The molecule has 2 aliphatic heterocycles. The molecule has 1 saturated heterocycles. The number of nitrogens with zero attached hydrogens (tertiary/aromatic N) is 3. The Morgan fingerprint density at radius 2 is 1.96 bits per heavy atom. The van der Waals surface area contributed by atoms with Gasteiger partial charge in [-0.15, -0.1) is 12.4 Å². The van der Waals surface area contributed by atoms with Crippen LogP contribution in [0.1, 0.15) is 30.3 Å². The summed E-state index contributed by atoms with van der Waals surface area (Å²) in [5, 5.41) is 5.22. The predicted octanol–water partition coefficient (Wildman–Crippen LogP) is 3.64. The zero-order chi connectivity index (χ0) is 16.0.